The minimum atomic E-state index is -0.427. The van der Waals surface area contributed by atoms with E-state index >= 15 is 0 Å². The van der Waals surface area contributed by atoms with Crippen molar-refractivity contribution in [3.05, 3.63) is 89.6 Å². The molecule has 2 heterocycles. The molecule has 0 saturated carbocycles. The first kappa shape index (κ1) is 18.3. The number of ether oxygens (including phenoxy) is 1. The Hall–Kier alpha value is -3.70. The fraction of sp³-hybridized carbons (Fsp3) is 0.120. The van der Waals surface area contributed by atoms with Gasteiger partial charge in [0.25, 0.3) is 0 Å². The lowest BCUT2D eigenvalue weighted by Crippen LogP contribution is -2.16. The third-order valence-corrected chi connectivity index (χ3v) is 5.17. The van der Waals surface area contributed by atoms with Gasteiger partial charge in [-0.25, -0.2) is 9.79 Å². The predicted octanol–water partition coefficient (Wildman–Crippen LogP) is 4.66. The number of hydrogen-bond donors (Lipinski definition) is 0. The van der Waals surface area contributed by atoms with Crippen LogP contribution < -0.4 is 0 Å². The van der Waals surface area contributed by atoms with Gasteiger partial charge in [0.1, 0.15) is 0 Å². The fourth-order valence-electron chi connectivity index (χ4n) is 3.87. The molecule has 1 aliphatic rings. The number of fused-ring (bicyclic) bond motifs is 3. The normalized spacial score (nSPS) is 15.4. The molecule has 0 amide bonds. The van der Waals surface area contributed by atoms with E-state index in [1.54, 1.807) is 6.08 Å². The molecule has 0 fully saturated rings. The van der Waals surface area contributed by atoms with E-state index in [9.17, 15) is 4.79 Å². The summed E-state index contributed by atoms with van der Waals surface area (Å²) < 4.78 is 7.67. The molecule has 148 valence electrons. The molecule has 5 nitrogen and oxygen atoms in total. The molecule has 0 bridgehead atoms. The number of cyclic esters (lactones) is 1. The average molecular weight is 395 g/mol. The van der Waals surface area contributed by atoms with Crippen molar-refractivity contribution < 1.29 is 9.53 Å². The van der Waals surface area contributed by atoms with Crippen LogP contribution in [0.5, 0.6) is 0 Å². The molecule has 4 aromatic rings. The summed E-state index contributed by atoms with van der Waals surface area (Å²) in [7, 11) is 4.13. The molecule has 3 aromatic carbocycles. The summed E-state index contributed by atoms with van der Waals surface area (Å²) in [4.78, 5) is 18.9. The van der Waals surface area contributed by atoms with Crippen LogP contribution in [0.3, 0.4) is 0 Å². The molecule has 30 heavy (non-hydrogen) atoms. The largest absolute Gasteiger partial charge is 0.402 e. The summed E-state index contributed by atoms with van der Waals surface area (Å²) in [5.74, 6) is -0.0838. The van der Waals surface area contributed by atoms with Crippen LogP contribution in [0.25, 0.3) is 27.9 Å². The Morgan fingerprint density at radius 2 is 1.67 bits per heavy atom. The second-order valence-corrected chi connectivity index (χ2v) is 7.64. The standard InChI is InChI=1S/C25H21N3O2/c1-27(2)16-28-22-11-7-6-10-19(22)20-14-17(12-13-23(20)28)15-21-25(29)30-24(26-21)18-8-4-3-5-9-18/h3-15H,16H2,1-2H3/b21-15-. The quantitative estimate of drug-likeness (QED) is 0.373. The molecule has 0 N–H and O–H groups in total. The van der Waals surface area contributed by atoms with E-state index in [2.05, 4.69) is 65.0 Å². The lowest BCUT2D eigenvalue weighted by Gasteiger charge is -2.13. The summed E-state index contributed by atoms with van der Waals surface area (Å²) in [5, 5.41) is 2.34. The molecular weight excluding hydrogens is 374 g/mol. The zero-order valence-electron chi connectivity index (χ0n) is 16.9. The third-order valence-electron chi connectivity index (χ3n) is 5.17. The minimum Gasteiger partial charge on any atom is -0.402 e. The molecule has 0 atom stereocenters. The number of nitrogens with zero attached hydrogens (tertiary/aromatic N) is 3. The molecule has 0 saturated heterocycles. The number of carbonyl (C=O) groups is 1. The van der Waals surface area contributed by atoms with E-state index in [1.165, 1.54) is 10.9 Å². The first-order valence-corrected chi connectivity index (χ1v) is 9.84. The second kappa shape index (κ2) is 7.28. The Morgan fingerprint density at radius 1 is 0.933 bits per heavy atom. The number of esters is 1. The van der Waals surface area contributed by atoms with Gasteiger partial charge in [-0.1, -0.05) is 42.5 Å². The molecule has 5 rings (SSSR count). The first-order valence-electron chi connectivity index (χ1n) is 9.84. The van der Waals surface area contributed by atoms with Crippen molar-refractivity contribution in [1.82, 2.24) is 9.47 Å². The van der Waals surface area contributed by atoms with Gasteiger partial charge in [-0.3, -0.25) is 4.90 Å². The van der Waals surface area contributed by atoms with Gasteiger partial charge in [-0.15, -0.1) is 0 Å². The number of aromatic nitrogens is 1. The first-order chi connectivity index (χ1) is 14.6. The average Bonchev–Trinajstić information content (AvgIpc) is 3.27. The lowest BCUT2D eigenvalue weighted by molar-refractivity contribution is -0.129. The number of benzene rings is 3. The summed E-state index contributed by atoms with van der Waals surface area (Å²) in [5.41, 5.74) is 4.37. The van der Waals surface area contributed by atoms with E-state index in [0.717, 1.165) is 28.7 Å². The van der Waals surface area contributed by atoms with Crippen LogP contribution in [0.15, 0.2) is 83.5 Å². The predicted molar refractivity (Wildman–Crippen MR) is 120 cm³/mol. The number of carbonyl (C=O) groups excluding carboxylic acids is 1. The molecule has 0 radical (unpaired) electrons. The van der Waals surface area contributed by atoms with E-state index in [-0.39, 0.29) is 0 Å². The maximum atomic E-state index is 12.3. The molecule has 5 heteroatoms. The third kappa shape index (κ3) is 3.19. The van der Waals surface area contributed by atoms with Crippen molar-refractivity contribution in [2.45, 2.75) is 6.67 Å². The summed E-state index contributed by atoms with van der Waals surface area (Å²) in [6, 6.07) is 24.1. The van der Waals surface area contributed by atoms with Gasteiger partial charge in [-0.2, -0.15) is 0 Å². The van der Waals surface area contributed by atoms with E-state index in [1.807, 2.05) is 36.4 Å². The Bertz CT molecular complexity index is 1330. The van der Waals surface area contributed by atoms with Crippen LogP contribution in [0, 0.1) is 0 Å². The highest BCUT2D eigenvalue weighted by Crippen LogP contribution is 2.31. The van der Waals surface area contributed by atoms with Crippen LogP contribution in [-0.2, 0) is 16.2 Å². The highest BCUT2D eigenvalue weighted by Gasteiger charge is 2.24. The van der Waals surface area contributed by atoms with Crippen molar-refractivity contribution in [2.75, 3.05) is 14.1 Å². The number of hydrogen-bond acceptors (Lipinski definition) is 4. The highest BCUT2D eigenvalue weighted by molar-refractivity contribution is 6.13. The summed E-state index contributed by atoms with van der Waals surface area (Å²) in [6.45, 7) is 0.793. The Morgan fingerprint density at radius 3 is 2.47 bits per heavy atom. The van der Waals surface area contributed by atoms with Gasteiger partial charge >= 0.3 is 5.97 Å². The van der Waals surface area contributed by atoms with Gasteiger partial charge < -0.3 is 9.30 Å². The zero-order valence-corrected chi connectivity index (χ0v) is 16.9. The molecule has 0 unspecified atom stereocenters. The van der Waals surface area contributed by atoms with Crippen LogP contribution in [0.2, 0.25) is 0 Å². The molecule has 1 aliphatic heterocycles. The Balaban J connectivity index is 1.60. The lowest BCUT2D eigenvalue weighted by atomic mass is 10.1. The minimum absolute atomic E-state index is 0.310. The van der Waals surface area contributed by atoms with Gasteiger partial charge in [-0.05, 0) is 56.1 Å². The molecular formula is C25H21N3O2. The van der Waals surface area contributed by atoms with Gasteiger partial charge in [0.2, 0.25) is 5.90 Å². The molecule has 0 spiro atoms. The summed E-state index contributed by atoms with van der Waals surface area (Å²) >= 11 is 0. The number of rotatable bonds is 4. The highest BCUT2D eigenvalue weighted by atomic mass is 16.6. The van der Waals surface area contributed by atoms with Crippen LogP contribution >= 0.6 is 0 Å². The second-order valence-electron chi connectivity index (χ2n) is 7.64. The van der Waals surface area contributed by atoms with Crippen molar-refractivity contribution >= 4 is 39.7 Å². The monoisotopic (exact) mass is 395 g/mol. The SMILES string of the molecule is CN(C)Cn1c2ccccc2c2cc(/C=C3\N=C(c4ccccc4)OC3=O)ccc21. The van der Waals surface area contributed by atoms with E-state index < -0.39 is 5.97 Å². The van der Waals surface area contributed by atoms with E-state index in [4.69, 9.17) is 4.74 Å². The number of aliphatic imine (C=N–C) groups is 1. The van der Waals surface area contributed by atoms with Crippen molar-refractivity contribution in [3.63, 3.8) is 0 Å². The van der Waals surface area contributed by atoms with Gasteiger partial charge in [0.15, 0.2) is 5.70 Å². The fourth-order valence-corrected chi connectivity index (χ4v) is 3.87. The zero-order chi connectivity index (χ0) is 20.7. The van der Waals surface area contributed by atoms with Gasteiger partial charge in [0.05, 0.1) is 17.7 Å². The Kier molecular flexibility index (Phi) is 4.45. The van der Waals surface area contributed by atoms with Crippen LogP contribution in [0.1, 0.15) is 11.1 Å². The van der Waals surface area contributed by atoms with Crippen LogP contribution in [-0.4, -0.2) is 35.4 Å². The smallest absolute Gasteiger partial charge is 0.363 e. The van der Waals surface area contributed by atoms with Crippen molar-refractivity contribution in [1.29, 1.82) is 0 Å². The van der Waals surface area contributed by atoms with Crippen LogP contribution in [0.4, 0.5) is 0 Å². The summed E-state index contributed by atoms with van der Waals surface area (Å²) in [6.07, 6.45) is 1.79. The molecule has 0 aliphatic carbocycles. The van der Waals surface area contributed by atoms with Crippen molar-refractivity contribution in [3.8, 4) is 0 Å². The maximum Gasteiger partial charge on any atom is 0.363 e. The molecule has 1 aromatic heterocycles. The number of para-hydroxylation sites is 1. The maximum absolute atomic E-state index is 12.3. The Labute approximate surface area is 174 Å². The topological polar surface area (TPSA) is 46.8 Å². The van der Waals surface area contributed by atoms with E-state index in [0.29, 0.717) is 11.6 Å². The van der Waals surface area contributed by atoms with Gasteiger partial charge in [0, 0.05) is 16.3 Å². The van der Waals surface area contributed by atoms with Crippen molar-refractivity contribution in [2.24, 2.45) is 4.99 Å².